The molecule has 0 unspecified atom stereocenters. The minimum Gasteiger partial charge on any atom is -0.399 e. The van der Waals surface area contributed by atoms with E-state index in [0.29, 0.717) is 5.69 Å². The number of hydrogen-bond donors (Lipinski definition) is 1. The molecule has 0 atom stereocenters. The van der Waals surface area contributed by atoms with Crippen molar-refractivity contribution in [3.05, 3.63) is 63.6 Å². The van der Waals surface area contributed by atoms with Gasteiger partial charge < -0.3 is 5.73 Å². The van der Waals surface area contributed by atoms with Crippen molar-refractivity contribution in [1.29, 1.82) is 0 Å². The molecule has 0 radical (unpaired) electrons. The molecule has 92 valence electrons. The number of halogens is 3. The molecule has 2 rings (SSSR count). The summed E-state index contributed by atoms with van der Waals surface area (Å²) in [5, 5.41) is 0. The van der Waals surface area contributed by atoms with Gasteiger partial charge in [0.05, 0.1) is 10.0 Å². The van der Waals surface area contributed by atoms with Crippen LogP contribution in [0, 0.1) is 11.6 Å². The summed E-state index contributed by atoms with van der Waals surface area (Å²) in [6.07, 6.45) is 0. The van der Waals surface area contributed by atoms with Gasteiger partial charge in [-0.3, -0.25) is 4.79 Å². The van der Waals surface area contributed by atoms with Crippen molar-refractivity contribution in [2.45, 2.75) is 0 Å². The number of carbonyl (C=O) groups is 1. The van der Waals surface area contributed by atoms with E-state index in [4.69, 9.17) is 5.73 Å². The first-order chi connectivity index (χ1) is 8.49. The first-order valence-corrected chi connectivity index (χ1v) is 5.83. The summed E-state index contributed by atoms with van der Waals surface area (Å²) in [7, 11) is 0. The minimum absolute atomic E-state index is 0.0240. The summed E-state index contributed by atoms with van der Waals surface area (Å²) in [6, 6.07) is 7.89. The molecular formula is C13H8BrF2NO. The van der Waals surface area contributed by atoms with Crippen LogP contribution in [0.5, 0.6) is 0 Å². The van der Waals surface area contributed by atoms with Crippen LogP contribution >= 0.6 is 15.9 Å². The van der Waals surface area contributed by atoms with E-state index in [1.807, 2.05) is 0 Å². The maximum absolute atomic E-state index is 13.6. The smallest absolute Gasteiger partial charge is 0.196 e. The molecule has 0 amide bonds. The van der Waals surface area contributed by atoms with Crippen LogP contribution in [0.2, 0.25) is 0 Å². The lowest BCUT2D eigenvalue weighted by Gasteiger charge is -2.05. The van der Waals surface area contributed by atoms with Crippen molar-refractivity contribution in [2.24, 2.45) is 0 Å². The fourth-order valence-corrected chi connectivity index (χ4v) is 1.85. The summed E-state index contributed by atoms with van der Waals surface area (Å²) in [4.78, 5) is 12.0. The van der Waals surface area contributed by atoms with Gasteiger partial charge in [-0.05, 0) is 40.2 Å². The molecule has 0 aliphatic rings. The Morgan fingerprint density at radius 1 is 1.11 bits per heavy atom. The van der Waals surface area contributed by atoms with Crippen LogP contribution in [0.3, 0.4) is 0 Å². The topological polar surface area (TPSA) is 43.1 Å². The highest BCUT2D eigenvalue weighted by atomic mass is 79.9. The Kier molecular flexibility index (Phi) is 3.43. The highest BCUT2D eigenvalue weighted by Gasteiger charge is 2.17. The number of nitrogens with two attached hydrogens (primary N) is 1. The Balaban J connectivity index is 2.49. The van der Waals surface area contributed by atoms with Crippen LogP contribution in [0.1, 0.15) is 15.9 Å². The van der Waals surface area contributed by atoms with Crippen LogP contribution in [0.25, 0.3) is 0 Å². The van der Waals surface area contributed by atoms with Gasteiger partial charge >= 0.3 is 0 Å². The third-order valence-electron chi connectivity index (χ3n) is 2.40. The molecule has 0 aliphatic heterocycles. The van der Waals surface area contributed by atoms with Gasteiger partial charge in [0.15, 0.2) is 5.78 Å². The quantitative estimate of drug-likeness (QED) is 0.523. The number of rotatable bonds is 2. The third-order valence-corrected chi connectivity index (χ3v) is 3.01. The second-order valence-electron chi connectivity index (χ2n) is 3.70. The molecule has 0 saturated carbocycles. The van der Waals surface area contributed by atoms with E-state index < -0.39 is 17.4 Å². The molecule has 2 aromatic carbocycles. The van der Waals surface area contributed by atoms with Gasteiger partial charge in [-0.2, -0.15) is 0 Å². The maximum Gasteiger partial charge on any atom is 0.196 e. The predicted octanol–water partition coefficient (Wildman–Crippen LogP) is 3.54. The van der Waals surface area contributed by atoms with Crippen LogP contribution in [-0.2, 0) is 0 Å². The fourth-order valence-electron chi connectivity index (χ4n) is 1.53. The standard InChI is InChI=1S/C13H8BrF2NO/c14-10-6-11(15)9(5-12(10)16)13(18)7-2-1-3-8(17)4-7/h1-6H,17H2. The van der Waals surface area contributed by atoms with Crippen molar-refractivity contribution in [1.82, 2.24) is 0 Å². The molecule has 2 aromatic rings. The van der Waals surface area contributed by atoms with E-state index in [1.54, 1.807) is 12.1 Å². The highest BCUT2D eigenvalue weighted by Crippen LogP contribution is 2.22. The molecule has 0 spiro atoms. The van der Waals surface area contributed by atoms with Gasteiger partial charge in [0.25, 0.3) is 0 Å². The number of nitrogen functional groups attached to an aromatic ring is 1. The molecule has 0 aliphatic carbocycles. The largest absolute Gasteiger partial charge is 0.399 e. The number of hydrogen-bond acceptors (Lipinski definition) is 2. The normalized spacial score (nSPS) is 10.4. The number of anilines is 1. The van der Waals surface area contributed by atoms with Gasteiger partial charge in [0.2, 0.25) is 0 Å². The van der Waals surface area contributed by atoms with E-state index >= 15 is 0 Å². The summed E-state index contributed by atoms with van der Waals surface area (Å²) < 4.78 is 26.9. The Morgan fingerprint density at radius 3 is 2.50 bits per heavy atom. The summed E-state index contributed by atoms with van der Waals surface area (Å²) in [5.41, 5.74) is 5.83. The minimum atomic E-state index is -0.782. The van der Waals surface area contributed by atoms with Crippen molar-refractivity contribution in [2.75, 3.05) is 5.73 Å². The van der Waals surface area contributed by atoms with E-state index in [2.05, 4.69) is 15.9 Å². The SMILES string of the molecule is Nc1cccc(C(=O)c2cc(F)c(Br)cc2F)c1. The van der Waals surface area contributed by atoms with Gasteiger partial charge in [0, 0.05) is 11.3 Å². The summed E-state index contributed by atoms with van der Waals surface area (Å²) in [5.74, 6) is -2.08. The molecule has 0 saturated heterocycles. The van der Waals surface area contributed by atoms with E-state index in [9.17, 15) is 13.6 Å². The first-order valence-electron chi connectivity index (χ1n) is 5.04. The molecule has 0 aromatic heterocycles. The lowest BCUT2D eigenvalue weighted by Crippen LogP contribution is -2.06. The summed E-state index contributed by atoms with van der Waals surface area (Å²) >= 11 is 2.85. The lowest BCUT2D eigenvalue weighted by molar-refractivity contribution is 0.103. The zero-order valence-electron chi connectivity index (χ0n) is 9.08. The highest BCUT2D eigenvalue weighted by molar-refractivity contribution is 9.10. The maximum atomic E-state index is 13.6. The predicted molar refractivity (Wildman–Crippen MR) is 68.3 cm³/mol. The Morgan fingerprint density at radius 2 is 1.83 bits per heavy atom. The average Bonchev–Trinajstić information content (AvgIpc) is 2.33. The number of carbonyl (C=O) groups excluding carboxylic acids is 1. The Bertz CT molecular complexity index is 628. The van der Waals surface area contributed by atoms with Gasteiger partial charge in [-0.25, -0.2) is 8.78 Å². The second-order valence-corrected chi connectivity index (χ2v) is 4.56. The van der Waals surface area contributed by atoms with Crippen molar-refractivity contribution < 1.29 is 13.6 Å². The Labute approximate surface area is 111 Å². The van der Waals surface area contributed by atoms with Gasteiger partial charge in [-0.15, -0.1) is 0 Å². The van der Waals surface area contributed by atoms with Crippen LogP contribution in [-0.4, -0.2) is 5.78 Å². The van der Waals surface area contributed by atoms with E-state index in [1.165, 1.54) is 12.1 Å². The van der Waals surface area contributed by atoms with Crippen molar-refractivity contribution in [3.8, 4) is 0 Å². The van der Waals surface area contributed by atoms with Crippen LogP contribution in [0.15, 0.2) is 40.9 Å². The van der Waals surface area contributed by atoms with E-state index in [-0.39, 0.29) is 15.6 Å². The number of benzene rings is 2. The third kappa shape index (κ3) is 2.41. The summed E-state index contributed by atoms with van der Waals surface area (Å²) in [6.45, 7) is 0. The molecule has 18 heavy (non-hydrogen) atoms. The monoisotopic (exact) mass is 311 g/mol. The van der Waals surface area contributed by atoms with Crippen molar-refractivity contribution in [3.63, 3.8) is 0 Å². The van der Waals surface area contributed by atoms with E-state index in [0.717, 1.165) is 12.1 Å². The molecular weight excluding hydrogens is 304 g/mol. The van der Waals surface area contributed by atoms with Gasteiger partial charge in [0.1, 0.15) is 11.6 Å². The molecule has 2 nitrogen and oxygen atoms in total. The molecule has 0 bridgehead atoms. The molecule has 0 fully saturated rings. The second kappa shape index (κ2) is 4.86. The molecule has 0 heterocycles. The molecule has 5 heteroatoms. The fraction of sp³-hybridized carbons (Fsp3) is 0. The Hall–Kier alpha value is -1.75. The molecule has 2 N–H and O–H groups in total. The lowest BCUT2D eigenvalue weighted by atomic mass is 10.0. The average molecular weight is 312 g/mol. The van der Waals surface area contributed by atoms with Crippen LogP contribution in [0.4, 0.5) is 14.5 Å². The number of ketones is 1. The zero-order valence-corrected chi connectivity index (χ0v) is 10.7. The van der Waals surface area contributed by atoms with Crippen LogP contribution < -0.4 is 5.73 Å². The van der Waals surface area contributed by atoms with Crippen molar-refractivity contribution >= 4 is 27.4 Å². The first kappa shape index (κ1) is 12.7. The van der Waals surface area contributed by atoms with Gasteiger partial charge in [-0.1, -0.05) is 12.1 Å². The zero-order chi connectivity index (χ0) is 13.3.